The van der Waals surface area contributed by atoms with Gasteiger partial charge in [-0.2, -0.15) is 0 Å². The van der Waals surface area contributed by atoms with E-state index in [-0.39, 0.29) is 0 Å². The first-order valence-corrected chi connectivity index (χ1v) is 6.22. The van der Waals surface area contributed by atoms with Gasteiger partial charge in [-0.3, -0.25) is 4.90 Å². The van der Waals surface area contributed by atoms with E-state index in [1.165, 1.54) is 6.42 Å². The van der Waals surface area contributed by atoms with Crippen LogP contribution in [0, 0.1) is 0 Å². The molecule has 0 aromatic carbocycles. The van der Waals surface area contributed by atoms with Gasteiger partial charge in [0.05, 0.1) is 13.2 Å². The molecule has 0 bridgehead atoms. The Bertz CT molecular complexity index is 110. The summed E-state index contributed by atoms with van der Waals surface area (Å²) in [5, 5.41) is 8.95. The summed E-state index contributed by atoms with van der Waals surface area (Å²) in [5.41, 5.74) is 0. The normalized spacial score (nSPS) is 20.0. The molecule has 0 radical (unpaired) electrons. The molecule has 0 spiro atoms. The molecule has 1 fully saturated rings. The lowest BCUT2D eigenvalue weighted by Gasteiger charge is -2.21. The molecule has 1 heterocycles. The smallest absolute Gasteiger partial charge is 0.0589 e. The summed E-state index contributed by atoms with van der Waals surface area (Å²) >= 11 is 0. The van der Waals surface area contributed by atoms with Crippen molar-refractivity contribution in [2.24, 2.45) is 0 Å². The molecule has 0 aliphatic carbocycles. The minimum absolute atomic E-state index is 0.295. The molecule has 94 valence electrons. The van der Waals surface area contributed by atoms with E-state index in [2.05, 4.69) is 4.90 Å². The maximum Gasteiger partial charge on any atom is 0.0589 e. The molecular weight excluding hydrogens is 190 g/mol. The first kappa shape index (κ1) is 17.3. The first-order chi connectivity index (χ1) is 7.38. The van der Waals surface area contributed by atoms with Crippen LogP contribution in [-0.2, 0) is 4.74 Å². The van der Waals surface area contributed by atoms with Crippen molar-refractivity contribution in [3.63, 3.8) is 0 Å². The van der Waals surface area contributed by atoms with Crippen LogP contribution in [0.1, 0.15) is 40.5 Å². The monoisotopic (exact) mass is 219 g/mol. The molecule has 1 unspecified atom stereocenters. The Morgan fingerprint density at radius 3 is 2.33 bits per heavy atom. The van der Waals surface area contributed by atoms with Gasteiger partial charge in [0.25, 0.3) is 0 Å². The van der Waals surface area contributed by atoms with Crippen molar-refractivity contribution in [1.82, 2.24) is 4.90 Å². The third-order valence-electron chi connectivity index (χ3n) is 2.29. The van der Waals surface area contributed by atoms with Crippen molar-refractivity contribution < 1.29 is 9.84 Å². The minimum Gasteiger partial charge on any atom is -0.395 e. The lowest BCUT2D eigenvalue weighted by atomic mass is 10.2. The lowest BCUT2D eigenvalue weighted by Crippen LogP contribution is -2.34. The van der Waals surface area contributed by atoms with Crippen LogP contribution < -0.4 is 0 Å². The molecule has 3 nitrogen and oxygen atoms in total. The number of aliphatic hydroxyl groups excluding tert-OH is 1. The molecule has 1 N–H and O–H groups in total. The summed E-state index contributed by atoms with van der Waals surface area (Å²) in [4.78, 5) is 2.30. The van der Waals surface area contributed by atoms with E-state index in [9.17, 15) is 0 Å². The van der Waals surface area contributed by atoms with Crippen molar-refractivity contribution in [2.75, 3.05) is 33.4 Å². The van der Waals surface area contributed by atoms with Gasteiger partial charge in [-0.25, -0.2) is 0 Å². The summed E-state index contributed by atoms with van der Waals surface area (Å²) in [6, 6.07) is 0.394. The average Bonchev–Trinajstić information content (AvgIpc) is 2.79. The van der Waals surface area contributed by atoms with Crippen LogP contribution >= 0.6 is 0 Å². The molecule has 0 aromatic heterocycles. The summed E-state index contributed by atoms with van der Waals surface area (Å²) in [6.07, 6.45) is 2.36. The van der Waals surface area contributed by atoms with Crippen LogP contribution in [0.15, 0.2) is 0 Å². The topological polar surface area (TPSA) is 32.7 Å². The van der Waals surface area contributed by atoms with Crippen LogP contribution in [0.4, 0.5) is 0 Å². The first-order valence-electron chi connectivity index (χ1n) is 6.22. The molecule has 1 saturated heterocycles. The van der Waals surface area contributed by atoms with Crippen molar-refractivity contribution >= 4 is 0 Å². The zero-order chi connectivity index (χ0) is 12.1. The highest BCUT2D eigenvalue weighted by Crippen LogP contribution is 2.15. The van der Waals surface area contributed by atoms with E-state index in [0.717, 1.165) is 26.1 Å². The Labute approximate surface area is 95.4 Å². The second-order valence-electron chi connectivity index (χ2n) is 3.01. The Kier molecular flexibility index (Phi) is 16.0. The molecule has 3 heteroatoms. The average molecular weight is 219 g/mol. The van der Waals surface area contributed by atoms with Gasteiger partial charge in [0, 0.05) is 19.7 Å². The van der Waals surface area contributed by atoms with E-state index in [0.29, 0.717) is 12.6 Å². The molecule has 1 atom stereocenters. The number of likely N-dealkylation sites (tertiary alicyclic amines) is 1. The number of aliphatic hydroxyl groups is 1. The van der Waals surface area contributed by atoms with Gasteiger partial charge in [0.2, 0.25) is 0 Å². The minimum atomic E-state index is 0.295. The summed E-state index contributed by atoms with van der Waals surface area (Å²) in [7, 11) is 1.71. The number of ether oxygens (including phenoxy) is 1. The van der Waals surface area contributed by atoms with Crippen molar-refractivity contribution in [1.29, 1.82) is 0 Å². The van der Waals surface area contributed by atoms with Crippen LogP contribution in [0.2, 0.25) is 0 Å². The predicted octanol–water partition coefficient (Wildman–Crippen LogP) is 2.14. The quantitative estimate of drug-likeness (QED) is 0.786. The van der Waals surface area contributed by atoms with E-state index >= 15 is 0 Å². The maximum atomic E-state index is 8.95. The van der Waals surface area contributed by atoms with Crippen LogP contribution in [0.5, 0.6) is 0 Å². The Hall–Kier alpha value is -0.120. The van der Waals surface area contributed by atoms with Crippen LogP contribution in [-0.4, -0.2) is 49.5 Å². The van der Waals surface area contributed by atoms with Gasteiger partial charge in [-0.05, 0) is 19.4 Å². The van der Waals surface area contributed by atoms with Gasteiger partial charge in [-0.1, -0.05) is 27.7 Å². The standard InChI is InChI=1S/C8H17NO2.2C2H6/c1-11-6-5-9-4-2-3-8(9)7-10;2*1-2/h8,10H,2-7H2,1H3;2*1-2H3. The summed E-state index contributed by atoms with van der Waals surface area (Å²) in [5.74, 6) is 0. The SMILES string of the molecule is CC.CC.COCCN1CCCC1CO. The highest BCUT2D eigenvalue weighted by molar-refractivity contribution is 4.77. The fourth-order valence-corrected chi connectivity index (χ4v) is 1.60. The highest BCUT2D eigenvalue weighted by atomic mass is 16.5. The molecule has 0 aromatic rings. The molecular formula is C12H29NO2. The number of rotatable bonds is 4. The molecule has 0 amide bonds. The third-order valence-corrected chi connectivity index (χ3v) is 2.29. The number of hydrogen-bond acceptors (Lipinski definition) is 3. The van der Waals surface area contributed by atoms with Gasteiger partial charge in [0.15, 0.2) is 0 Å². The molecule has 1 aliphatic rings. The predicted molar refractivity (Wildman–Crippen MR) is 66.3 cm³/mol. The molecule has 1 aliphatic heterocycles. The number of methoxy groups -OCH3 is 1. The second kappa shape index (κ2) is 13.9. The number of hydrogen-bond donors (Lipinski definition) is 1. The highest BCUT2D eigenvalue weighted by Gasteiger charge is 2.22. The van der Waals surface area contributed by atoms with Crippen LogP contribution in [0.3, 0.4) is 0 Å². The third kappa shape index (κ3) is 7.77. The summed E-state index contributed by atoms with van der Waals surface area (Å²) < 4.78 is 4.97. The van der Waals surface area contributed by atoms with Gasteiger partial charge in [-0.15, -0.1) is 0 Å². The van der Waals surface area contributed by atoms with Crippen LogP contribution in [0.25, 0.3) is 0 Å². The van der Waals surface area contributed by atoms with E-state index in [1.54, 1.807) is 7.11 Å². The largest absolute Gasteiger partial charge is 0.395 e. The number of nitrogens with zero attached hydrogens (tertiary/aromatic N) is 1. The maximum absolute atomic E-state index is 8.95. The molecule has 15 heavy (non-hydrogen) atoms. The second-order valence-corrected chi connectivity index (χ2v) is 3.01. The van der Waals surface area contributed by atoms with Crippen molar-refractivity contribution in [3.05, 3.63) is 0 Å². The zero-order valence-corrected chi connectivity index (χ0v) is 11.1. The fraction of sp³-hybridized carbons (Fsp3) is 1.00. The Morgan fingerprint density at radius 1 is 1.27 bits per heavy atom. The van der Waals surface area contributed by atoms with E-state index in [1.807, 2.05) is 27.7 Å². The Balaban J connectivity index is 0. The molecule has 0 saturated carbocycles. The van der Waals surface area contributed by atoms with Gasteiger partial charge < -0.3 is 9.84 Å². The zero-order valence-electron chi connectivity index (χ0n) is 11.1. The lowest BCUT2D eigenvalue weighted by molar-refractivity contribution is 0.113. The molecule has 1 rings (SSSR count). The Morgan fingerprint density at radius 2 is 1.87 bits per heavy atom. The van der Waals surface area contributed by atoms with Crippen molar-refractivity contribution in [3.8, 4) is 0 Å². The van der Waals surface area contributed by atoms with Gasteiger partial charge in [0.1, 0.15) is 0 Å². The van der Waals surface area contributed by atoms with Crippen molar-refractivity contribution in [2.45, 2.75) is 46.6 Å². The van der Waals surface area contributed by atoms with Gasteiger partial charge >= 0.3 is 0 Å². The van der Waals surface area contributed by atoms with E-state index in [4.69, 9.17) is 9.84 Å². The fourth-order valence-electron chi connectivity index (χ4n) is 1.60. The summed E-state index contributed by atoms with van der Waals surface area (Å²) in [6.45, 7) is 11.1. The van der Waals surface area contributed by atoms with E-state index < -0.39 is 0 Å².